The average Bonchev–Trinajstić information content (AvgIpc) is 3.23. The summed E-state index contributed by atoms with van der Waals surface area (Å²) in [7, 11) is 0. The van der Waals surface area contributed by atoms with Gasteiger partial charge in [-0.3, -0.25) is 9.59 Å². The lowest BCUT2D eigenvalue weighted by Gasteiger charge is -2.36. The Balaban J connectivity index is 1.26. The van der Waals surface area contributed by atoms with Crippen molar-refractivity contribution in [2.75, 3.05) is 11.5 Å². The van der Waals surface area contributed by atoms with Gasteiger partial charge < -0.3 is 20.1 Å². The first-order chi connectivity index (χ1) is 19.5. The SMILES string of the molecule is CCCOc1ccc(C[C@@H](Cc2ccccc2)C(=O)O)cc1CNC(=O)c1ccc(N2C3CCCC2CC3)cc1. The van der Waals surface area contributed by atoms with Crippen molar-refractivity contribution in [3.8, 4) is 5.75 Å². The molecule has 2 heterocycles. The van der Waals surface area contributed by atoms with Crippen molar-refractivity contribution >= 4 is 17.6 Å². The van der Waals surface area contributed by atoms with Crippen molar-refractivity contribution in [3.63, 3.8) is 0 Å². The van der Waals surface area contributed by atoms with E-state index in [1.807, 2.05) is 60.7 Å². The summed E-state index contributed by atoms with van der Waals surface area (Å²) in [6.45, 7) is 2.93. The monoisotopic (exact) mass is 540 g/mol. The van der Waals surface area contributed by atoms with Gasteiger partial charge in [0.15, 0.2) is 0 Å². The lowest BCUT2D eigenvalue weighted by Crippen LogP contribution is -2.39. The van der Waals surface area contributed by atoms with Gasteiger partial charge in [0.2, 0.25) is 0 Å². The molecule has 40 heavy (non-hydrogen) atoms. The van der Waals surface area contributed by atoms with Gasteiger partial charge in [0.1, 0.15) is 5.75 Å². The molecule has 0 radical (unpaired) electrons. The number of nitrogens with one attached hydrogen (secondary N) is 1. The van der Waals surface area contributed by atoms with Crippen molar-refractivity contribution in [2.24, 2.45) is 5.92 Å². The van der Waals surface area contributed by atoms with E-state index in [4.69, 9.17) is 4.74 Å². The first-order valence-corrected chi connectivity index (χ1v) is 14.7. The third-order valence-electron chi connectivity index (χ3n) is 8.30. The van der Waals surface area contributed by atoms with E-state index >= 15 is 0 Å². The zero-order valence-electron chi connectivity index (χ0n) is 23.4. The van der Waals surface area contributed by atoms with Crippen LogP contribution < -0.4 is 15.0 Å². The number of nitrogens with zero attached hydrogens (tertiary/aromatic N) is 1. The number of carboxylic acids is 1. The van der Waals surface area contributed by atoms with E-state index in [2.05, 4.69) is 29.3 Å². The Bertz CT molecular complexity index is 1280. The molecule has 0 spiro atoms. The highest BCUT2D eigenvalue weighted by Gasteiger charge is 2.36. The maximum absolute atomic E-state index is 13.1. The summed E-state index contributed by atoms with van der Waals surface area (Å²) < 4.78 is 5.96. The van der Waals surface area contributed by atoms with Crippen molar-refractivity contribution < 1.29 is 19.4 Å². The second kappa shape index (κ2) is 13.0. The van der Waals surface area contributed by atoms with Gasteiger partial charge in [0, 0.05) is 35.4 Å². The molecule has 2 saturated heterocycles. The quantitative estimate of drug-likeness (QED) is 0.277. The number of carboxylic acid groups (broad SMARTS) is 1. The number of amides is 1. The molecule has 210 valence electrons. The summed E-state index contributed by atoms with van der Waals surface area (Å²) in [6.07, 6.45) is 8.13. The first-order valence-electron chi connectivity index (χ1n) is 14.7. The first kappa shape index (κ1) is 27.8. The van der Waals surface area contributed by atoms with E-state index in [9.17, 15) is 14.7 Å². The maximum Gasteiger partial charge on any atom is 0.307 e. The van der Waals surface area contributed by atoms with E-state index < -0.39 is 11.9 Å². The Hall–Kier alpha value is -3.80. The van der Waals surface area contributed by atoms with Gasteiger partial charge in [-0.1, -0.05) is 49.4 Å². The molecule has 0 aromatic heterocycles. The van der Waals surface area contributed by atoms with Gasteiger partial charge in [-0.25, -0.2) is 0 Å². The number of rotatable bonds is 12. The molecule has 3 atom stereocenters. The van der Waals surface area contributed by atoms with Crippen LogP contribution in [0.1, 0.15) is 72.5 Å². The van der Waals surface area contributed by atoms with Crippen LogP contribution in [0.15, 0.2) is 72.8 Å². The minimum atomic E-state index is -0.814. The molecule has 2 aliphatic heterocycles. The molecule has 0 saturated carbocycles. The number of aliphatic carboxylic acids is 1. The Kier molecular flexibility index (Phi) is 9.04. The normalized spacial score (nSPS) is 18.8. The van der Waals surface area contributed by atoms with Crippen molar-refractivity contribution in [1.82, 2.24) is 5.32 Å². The highest BCUT2D eigenvalue weighted by atomic mass is 16.5. The van der Waals surface area contributed by atoms with Crippen LogP contribution in [-0.4, -0.2) is 35.7 Å². The summed E-state index contributed by atoms with van der Waals surface area (Å²) in [4.78, 5) is 27.7. The summed E-state index contributed by atoms with van der Waals surface area (Å²) in [6, 6.07) is 24.8. The van der Waals surface area contributed by atoms with Gasteiger partial charge in [-0.15, -0.1) is 0 Å². The molecule has 5 rings (SSSR count). The number of piperidine rings is 1. The Morgan fingerprint density at radius 2 is 1.62 bits per heavy atom. The van der Waals surface area contributed by atoms with Crippen LogP contribution in [0.2, 0.25) is 0 Å². The summed E-state index contributed by atoms with van der Waals surface area (Å²) in [5, 5.41) is 12.9. The summed E-state index contributed by atoms with van der Waals surface area (Å²) in [5.41, 5.74) is 4.62. The predicted octanol–water partition coefficient (Wildman–Crippen LogP) is 6.41. The Morgan fingerprint density at radius 3 is 2.30 bits per heavy atom. The minimum absolute atomic E-state index is 0.132. The molecule has 3 aromatic carbocycles. The molecular weight excluding hydrogens is 500 g/mol. The van der Waals surface area contributed by atoms with E-state index in [-0.39, 0.29) is 5.91 Å². The van der Waals surface area contributed by atoms with Crippen molar-refractivity contribution in [1.29, 1.82) is 0 Å². The second-order valence-electron chi connectivity index (χ2n) is 11.2. The van der Waals surface area contributed by atoms with Gasteiger partial charge in [-0.2, -0.15) is 0 Å². The number of ether oxygens (including phenoxy) is 1. The molecule has 6 heteroatoms. The zero-order valence-corrected chi connectivity index (χ0v) is 23.4. The minimum Gasteiger partial charge on any atom is -0.493 e. The molecule has 3 aromatic rings. The van der Waals surface area contributed by atoms with E-state index in [0.29, 0.717) is 43.6 Å². The average molecular weight is 541 g/mol. The van der Waals surface area contributed by atoms with Crippen molar-refractivity contribution in [3.05, 3.63) is 95.1 Å². The van der Waals surface area contributed by atoms with Gasteiger partial charge >= 0.3 is 5.97 Å². The number of carbonyl (C=O) groups excluding carboxylic acids is 1. The molecule has 1 amide bonds. The largest absolute Gasteiger partial charge is 0.493 e. The van der Waals surface area contributed by atoms with Crippen LogP contribution in [0.25, 0.3) is 0 Å². The third kappa shape index (κ3) is 6.67. The summed E-state index contributed by atoms with van der Waals surface area (Å²) in [5.74, 6) is -0.767. The molecule has 2 unspecified atom stereocenters. The van der Waals surface area contributed by atoms with Crippen LogP contribution in [0.3, 0.4) is 0 Å². The highest BCUT2D eigenvalue weighted by molar-refractivity contribution is 5.94. The topological polar surface area (TPSA) is 78.9 Å². The summed E-state index contributed by atoms with van der Waals surface area (Å²) >= 11 is 0. The number of carbonyl (C=O) groups is 2. The molecule has 2 fully saturated rings. The molecule has 0 aliphatic carbocycles. The fourth-order valence-electron chi connectivity index (χ4n) is 6.28. The van der Waals surface area contributed by atoms with Crippen LogP contribution in [0.5, 0.6) is 5.75 Å². The molecule has 2 N–H and O–H groups in total. The fraction of sp³-hybridized carbons (Fsp3) is 0.412. The van der Waals surface area contributed by atoms with Crippen LogP contribution in [0.4, 0.5) is 5.69 Å². The smallest absolute Gasteiger partial charge is 0.307 e. The maximum atomic E-state index is 13.1. The lowest BCUT2D eigenvalue weighted by molar-refractivity contribution is -0.141. The van der Waals surface area contributed by atoms with Crippen LogP contribution >= 0.6 is 0 Å². The number of benzene rings is 3. The molecule has 2 bridgehead atoms. The number of hydrogen-bond acceptors (Lipinski definition) is 4. The third-order valence-corrected chi connectivity index (χ3v) is 8.30. The van der Waals surface area contributed by atoms with Crippen molar-refractivity contribution in [2.45, 2.75) is 76.9 Å². The van der Waals surface area contributed by atoms with E-state index in [1.54, 1.807) is 0 Å². The zero-order chi connectivity index (χ0) is 27.9. The van der Waals surface area contributed by atoms with E-state index in [1.165, 1.54) is 37.8 Å². The second-order valence-corrected chi connectivity index (χ2v) is 11.2. The number of fused-ring (bicyclic) bond motifs is 2. The van der Waals surface area contributed by atoms with Gasteiger partial charge in [-0.05, 0) is 92.8 Å². The molecule has 6 nitrogen and oxygen atoms in total. The predicted molar refractivity (Wildman–Crippen MR) is 158 cm³/mol. The van der Waals surface area contributed by atoms with Crippen LogP contribution in [-0.2, 0) is 24.2 Å². The standard InChI is InChI=1S/C34H40N2O4/c1-2-19-40-32-18-11-25(21-27(34(38)39)20-24-7-4-3-5-8-24)22-28(32)23-35-33(37)26-12-14-31(15-13-26)36-29-9-6-10-30(36)17-16-29/h3-5,7-8,11-15,18,22,27,29-30H,2,6,9-10,16-17,19-21,23H2,1H3,(H,35,37)(H,38,39)/t27-,29?,30?/m1/s1. The van der Waals surface area contributed by atoms with Crippen LogP contribution in [0, 0.1) is 5.92 Å². The number of anilines is 1. The fourth-order valence-corrected chi connectivity index (χ4v) is 6.28. The number of hydrogen-bond donors (Lipinski definition) is 2. The Labute approximate surface area is 237 Å². The molecule has 2 aliphatic rings. The molecular formula is C34H40N2O4. The highest BCUT2D eigenvalue weighted by Crippen LogP contribution is 2.39. The van der Waals surface area contributed by atoms with E-state index in [0.717, 1.165) is 28.9 Å². The van der Waals surface area contributed by atoms with Gasteiger partial charge in [0.25, 0.3) is 5.91 Å². The lowest BCUT2D eigenvalue weighted by atomic mass is 9.92. The Morgan fingerprint density at radius 1 is 0.925 bits per heavy atom. The van der Waals surface area contributed by atoms with Gasteiger partial charge in [0.05, 0.1) is 12.5 Å².